The molecule has 1 unspecified atom stereocenters. The molecule has 0 spiro atoms. The Labute approximate surface area is 182 Å². The van der Waals surface area contributed by atoms with Gasteiger partial charge in [0.1, 0.15) is 6.04 Å². The Hall–Kier alpha value is -2.31. The molecule has 2 aromatic carbocycles. The van der Waals surface area contributed by atoms with Crippen LogP contribution in [0.3, 0.4) is 0 Å². The van der Waals surface area contributed by atoms with Crippen LogP contribution < -0.4 is 5.32 Å². The van der Waals surface area contributed by atoms with Crippen LogP contribution in [0.2, 0.25) is 0 Å². The van der Waals surface area contributed by atoms with Gasteiger partial charge in [-0.2, -0.15) is 8.61 Å². The Balaban J connectivity index is 1.81. The van der Waals surface area contributed by atoms with E-state index < -0.39 is 32.0 Å². The maximum atomic E-state index is 13.0. The largest absolute Gasteiger partial charge is 0.379 e. The standard InChI is InChI=1S/C20H25N3O6S2/c1-22(30(2,25)26)19(16-6-4-3-5-7-16)20(24)21-17-8-10-18(11-9-17)31(27,28)23-12-14-29-15-13-23/h3-11,19H,12-15H2,1-2H3,(H,21,24). The zero-order valence-corrected chi connectivity index (χ0v) is 18.9. The van der Waals surface area contributed by atoms with Crippen LogP contribution in [0.5, 0.6) is 0 Å². The van der Waals surface area contributed by atoms with E-state index in [2.05, 4.69) is 5.32 Å². The number of morpholine rings is 1. The van der Waals surface area contributed by atoms with Gasteiger partial charge < -0.3 is 10.1 Å². The van der Waals surface area contributed by atoms with Crippen LogP contribution in [0.1, 0.15) is 11.6 Å². The number of hydrogen-bond acceptors (Lipinski definition) is 6. The first-order valence-electron chi connectivity index (χ1n) is 9.57. The second-order valence-electron chi connectivity index (χ2n) is 7.12. The Morgan fingerprint density at radius 2 is 1.58 bits per heavy atom. The molecule has 1 aliphatic rings. The highest BCUT2D eigenvalue weighted by molar-refractivity contribution is 7.89. The monoisotopic (exact) mass is 467 g/mol. The van der Waals surface area contributed by atoms with Crippen molar-refractivity contribution >= 4 is 31.6 Å². The molecule has 11 heteroatoms. The molecule has 0 aromatic heterocycles. The highest BCUT2D eigenvalue weighted by Crippen LogP contribution is 2.25. The number of carbonyl (C=O) groups is 1. The summed E-state index contributed by atoms with van der Waals surface area (Å²) in [5.74, 6) is -0.553. The molecule has 3 rings (SSSR count). The van der Waals surface area contributed by atoms with Crippen LogP contribution in [-0.4, -0.2) is 71.0 Å². The van der Waals surface area contributed by atoms with Crippen LogP contribution in [-0.2, 0) is 29.6 Å². The number of rotatable bonds is 7. The summed E-state index contributed by atoms with van der Waals surface area (Å²) in [7, 11) is -5.96. The highest BCUT2D eigenvalue weighted by atomic mass is 32.2. The molecule has 0 aliphatic carbocycles. The molecular weight excluding hydrogens is 442 g/mol. The van der Waals surface area contributed by atoms with Gasteiger partial charge in [-0.05, 0) is 29.8 Å². The van der Waals surface area contributed by atoms with E-state index in [4.69, 9.17) is 4.74 Å². The summed E-state index contributed by atoms with van der Waals surface area (Å²) in [4.78, 5) is 13.1. The third kappa shape index (κ3) is 5.49. The zero-order chi connectivity index (χ0) is 22.6. The van der Waals surface area contributed by atoms with Crippen LogP contribution >= 0.6 is 0 Å². The summed E-state index contributed by atoms with van der Waals surface area (Å²) in [5, 5.41) is 2.68. The van der Waals surface area contributed by atoms with E-state index >= 15 is 0 Å². The van der Waals surface area contributed by atoms with Crippen molar-refractivity contribution in [1.82, 2.24) is 8.61 Å². The molecule has 31 heavy (non-hydrogen) atoms. The van der Waals surface area contributed by atoms with Crippen LogP contribution in [0.15, 0.2) is 59.5 Å². The predicted molar refractivity (Wildman–Crippen MR) is 116 cm³/mol. The van der Waals surface area contributed by atoms with Gasteiger partial charge >= 0.3 is 0 Å². The van der Waals surface area contributed by atoms with Gasteiger partial charge in [0.05, 0.1) is 24.4 Å². The lowest BCUT2D eigenvalue weighted by atomic mass is 10.1. The average molecular weight is 468 g/mol. The Bertz CT molecular complexity index is 1110. The highest BCUT2D eigenvalue weighted by Gasteiger charge is 2.31. The fraction of sp³-hybridized carbons (Fsp3) is 0.350. The van der Waals surface area contributed by atoms with Gasteiger partial charge in [-0.15, -0.1) is 0 Å². The number of nitrogens with zero attached hydrogens (tertiary/aromatic N) is 2. The molecule has 9 nitrogen and oxygen atoms in total. The minimum Gasteiger partial charge on any atom is -0.379 e. The number of anilines is 1. The quantitative estimate of drug-likeness (QED) is 0.656. The second kappa shape index (κ2) is 9.45. The van der Waals surface area contributed by atoms with E-state index in [1.165, 1.54) is 35.6 Å². The maximum Gasteiger partial charge on any atom is 0.247 e. The maximum absolute atomic E-state index is 13.0. The molecule has 0 radical (unpaired) electrons. The van der Waals surface area contributed by atoms with Crippen molar-refractivity contribution in [2.45, 2.75) is 10.9 Å². The van der Waals surface area contributed by atoms with Gasteiger partial charge in [0.25, 0.3) is 0 Å². The van der Waals surface area contributed by atoms with Crippen molar-refractivity contribution in [3.05, 3.63) is 60.2 Å². The van der Waals surface area contributed by atoms with E-state index in [0.717, 1.165) is 10.6 Å². The van der Waals surface area contributed by atoms with Gasteiger partial charge in [-0.25, -0.2) is 16.8 Å². The smallest absolute Gasteiger partial charge is 0.247 e. The lowest BCUT2D eigenvalue weighted by molar-refractivity contribution is -0.119. The number of sulfonamides is 2. The summed E-state index contributed by atoms with van der Waals surface area (Å²) in [6.45, 7) is 1.28. The van der Waals surface area contributed by atoms with Gasteiger partial charge in [0.2, 0.25) is 26.0 Å². The third-order valence-electron chi connectivity index (χ3n) is 4.98. The van der Waals surface area contributed by atoms with Crippen LogP contribution in [0.25, 0.3) is 0 Å². The first kappa shape index (κ1) is 23.4. The lowest BCUT2D eigenvalue weighted by Crippen LogP contribution is -2.40. The number of hydrogen-bond donors (Lipinski definition) is 1. The van der Waals surface area contributed by atoms with Gasteiger partial charge in [-0.3, -0.25) is 4.79 Å². The van der Waals surface area contributed by atoms with Crippen molar-refractivity contribution in [2.24, 2.45) is 0 Å². The van der Waals surface area contributed by atoms with Crippen molar-refractivity contribution in [1.29, 1.82) is 0 Å². The first-order valence-corrected chi connectivity index (χ1v) is 12.9. The first-order chi connectivity index (χ1) is 14.6. The predicted octanol–water partition coefficient (Wildman–Crippen LogP) is 1.28. The molecule has 1 heterocycles. The van der Waals surface area contributed by atoms with E-state index in [1.54, 1.807) is 30.3 Å². The molecule has 168 valence electrons. The Kier molecular flexibility index (Phi) is 7.12. The molecule has 1 fully saturated rings. The Morgan fingerprint density at radius 3 is 2.13 bits per heavy atom. The second-order valence-corrected chi connectivity index (χ2v) is 11.1. The zero-order valence-electron chi connectivity index (χ0n) is 17.3. The van der Waals surface area contributed by atoms with Crippen molar-refractivity contribution < 1.29 is 26.4 Å². The van der Waals surface area contributed by atoms with Gasteiger partial charge in [-0.1, -0.05) is 30.3 Å². The minimum atomic E-state index is -3.65. The van der Waals surface area contributed by atoms with Gasteiger partial charge in [0, 0.05) is 25.8 Å². The topological polar surface area (TPSA) is 113 Å². The third-order valence-corrected chi connectivity index (χ3v) is 8.15. The molecule has 1 saturated heterocycles. The summed E-state index contributed by atoms with van der Waals surface area (Å²) in [6.07, 6.45) is 1.03. The minimum absolute atomic E-state index is 0.111. The molecule has 1 atom stereocenters. The fourth-order valence-electron chi connectivity index (χ4n) is 3.21. The molecule has 0 bridgehead atoms. The molecule has 1 amide bonds. The van der Waals surface area contributed by atoms with E-state index in [0.29, 0.717) is 24.5 Å². The Morgan fingerprint density at radius 1 is 1.00 bits per heavy atom. The molecule has 2 aromatic rings. The number of nitrogens with one attached hydrogen (secondary N) is 1. The van der Waals surface area contributed by atoms with E-state index in [-0.39, 0.29) is 18.0 Å². The molecule has 1 N–H and O–H groups in total. The number of carbonyl (C=O) groups excluding carboxylic acids is 1. The summed E-state index contributed by atoms with van der Waals surface area (Å²) < 4.78 is 57.1. The molecular formula is C20H25N3O6S2. The molecule has 1 aliphatic heterocycles. The van der Waals surface area contributed by atoms with Gasteiger partial charge in [0.15, 0.2) is 0 Å². The van der Waals surface area contributed by atoms with Crippen molar-refractivity contribution in [3.8, 4) is 0 Å². The average Bonchev–Trinajstić information content (AvgIpc) is 2.75. The van der Waals surface area contributed by atoms with Crippen molar-refractivity contribution in [3.63, 3.8) is 0 Å². The summed E-state index contributed by atoms with van der Waals surface area (Å²) in [5.41, 5.74) is 0.869. The van der Waals surface area contributed by atoms with E-state index in [1.807, 2.05) is 0 Å². The van der Waals surface area contributed by atoms with Crippen LogP contribution in [0, 0.1) is 0 Å². The number of ether oxygens (including phenoxy) is 1. The van der Waals surface area contributed by atoms with Crippen LogP contribution in [0.4, 0.5) is 5.69 Å². The number of likely N-dealkylation sites (N-methyl/N-ethyl adjacent to an activating group) is 1. The van der Waals surface area contributed by atoms with E-state index in [9.17, 15) is 21.6 Å². The molecule has 0 saturated carbocycles. The summed E-state index contributed by atoms with van der Waals surface area (Å²) >= 11 is 0. The number of benzene rings is 2. The van der Waals surface area contributed by atoms with Crippen molar-refractivity contribution in [2.75, 3.05) is 44.9 Å². The number of amides is 1. The lowest BCUT2D eigenvalue weighted by Gasteiger charge is -2.26. The normalized spacial score (nSPS) is 16.7. The summed E-state index contributed by atoms with van der Waals surface area (Å²) in [6, 6.07) is 13.3. The fourth-order valence-corrected chi connectivity index (χ4v) is 5.22. The SMILES string of the molecule is CN(C(C(=O)Nc1ccc(S(=O)(=O)N2CCOCC2)cc1)c1ccccc1)S(C)(=O)=O.